The third-order valence-corrected chi connectivity index (χ3v) is 3.82. The van der Waals surface area contributed by atoms with Crippen molar-refractivity contribution in [1.82, 2.24) is 15.1 Å². The summed E-state index contributed by atoms with van der Waals surface area (Å²) in [6, 6.07) is -0.522. The number of rotatable bonds is 5. The Morgan fingerprint density at radius 1 is 1.16 bits per heavy atom. The van der Waals surface area contributed by atoms with Crippen molar-refractivity contribution in [2.75, 3.05) is 26.2 Å². The number of amides is 2. The molecular weight excluding hydrogens is 246 g/mol. The van der Waals surface area contributed by atoms with Gasteiger partial charge in [-0.05, 0) is 19.8 Å². The number of carboxylic acids is 1. The first kappa shape index (κ1) is 15.8. The lowest BCUT2D eigenvalue weighted by Gasteiger charge is -2.38. The first-order valence-corrected chi connectivity index (χ1v) is 7.01. The van der Waals surface area contributed by atoms with Gasteiger partial charge in [0.15, 0.2) is 0 Å². The molecule has 19 heavy (non-hydrogen) atoms. The standard InChI is InChI=1S/C13H25N3O3/c1-4-10(3)15-6-8-16(9-7-15)13(19)14-11(5-2)12(17)18/h10-11H,4-9H2,1-3H3,(H,14,19)(H,17,18). The third kappa shape index (κ3) is 4.38. The van der Waals surface area contributed by atoms with E-state index in [1.54, 1.807) is 11.8 Å². The first-order valence-electron chi connectivity index (χ1n) is 7.01. The van der Waals surface area contributed by atoms with E-state index in [0.717, 1.165) is 19.5 Å². The Kier molecular flexibility index (Phi) is 6.08. The average Bonchev–Trinajstić information content (AvgIpc) is 2.43. The van der Waals surface area contributed by atoms with Crippen molar-refractivity contribution in [2.45, 2.75) is 45.7 Å². The number of carbonyl (C=O) groups is 2. The largest absolute Gasteiger partial charge is 0.480 e. The molecule has 0 aromatic heterocycles. The van der Waals surface area contributed by atoms with E-state index in [2.05, 4.69) is 24.1 Å². The lowest BCUT2D eigenvalue weighted by molar-refractivity contribution is -0.139. The van der Waals surface area contributed by atoms with Gasteiger partial charge in [-0.3, -0.25) is 4.90 Å². The smallest absolute Gasteiger partial charge is 0.326 e. The fraction of sp³-hybridized carbons (Fsp3) is 0.846. The van der Waals surface area contributed by atoms with Crippen LogP contribution < -0.4 is 5.32 Å². The SMILES string of the molecule is CCC(NC(=O)N1CCN(C(C)CC)CC1)C(=O)O. The van der Waals surface area contributed by atoms with Crippen molar-refractivity contribution in [3.05, 3.63) is 0 Å². The number of carbonyl (C=O) groups excluding carboxylic acids is 1. The van der Waals surface area contributed by atoms with Gasteiger partial charge in [0.25, 0.3) is 0 Å². The van der Waals surface area contributed by atoms with Crippen molar-refractivity contribution >= 4 is 12.0 Å². The zero-order chi connectivity index (χ0) is 14.4. The van der Waals surface area contributed by atoms with Crippen molar-refractivity contribution in [3.63, 3.8) is 0 Å². The number of piperazine rings is 1. The summed E-state index contributed by atoms with van der Waals surface area (Å²) in [7, 11) is 0. The molecule has 0 aromatic carbocycles. The van der Waals surface area contributed by atoms with Gasteiger partial charge in [0, 0.05) is 32.2 Å². The van der Waals surface area contributed by atoms with Gasteiger partial charge in [0.05, 0.1) is 0 Å². The molecule has 2 N–H and O–H groups in total. The Bertz CT molecular complexity index is 314. The number of aliphatic carboxylic acids is 1. The number of nitrogens with one attached hydrogen (secondary N) is 1. The van der Waals surface area contributed by atoms with E-state index in [1.165, 1.54) is 0 Å². The highest BCUT2D eigenvalue weighted by Gasteiger charge is 2.26. The van der Waals surface area contributed by atoms with Crippen LogP contribution in [0.1, 0.15) is 33.6 Å². The molecule has 2 unspecified atom stereocenters. The summed E-state index contributed by atoms with van der Waals surface area (Å²) in [4.78, 5) is 26.9. The Labute approximate surface area is 114 Å². The highest BCUT2D eigenvalue weighted by Crippen LogP contribution is 2.09. The zero-order valence-electron chi connectivity index (χ0n) is 12.1. The normalized spacial score (nSPS) is 19.8. The van der Waals surface area contributed by atoms with Crippen LogP contribution in [0, 0.1) is 0 Å². The summed E-state index contributed by atoms with van der Waals surface area (Å²) in [5.74, 6) is -0.978. The molecule has 1 saturated heterocycles. The van der Waals surface area contributed by atoms with Crippen LogP contribution in [0.5, 0.6) is 0 Å². The van der Waals surface area contributed by atoms with Gasteiger partial charge >= 0.3 is 12.0 Å². The predicted octanol–water partition coefficient (Wildman–Crippen LogP) is 0.975. The van der Waals surface area contributed by atoms with Crippen LogP contribution in [-0.4, -0.2) is 65.2 Å². The van der Waals surface area contributed by atoms with E-state index in [4.69, 9.17) is 5.11 Å². The Hall–Kier alpha value is -1.30. The summed E-state index contributed by atoms with van der Waals surface area (Å²) in [5, 5.41) is 11.5. The lowest BCUT2D eigenvalue weighted by Crippen LogP contribution is -2.55. The minimum Gasteiger partial charge on any atom is -0.480 e. The molecule has 0 radical (unpaired) electrons. The number of urea groups is 1. The zero-order valence-corrected chi connectivity index (χ0v) is 12.1. The molecule has 6 nitrogen and oxygen atoms in total. The van der Waals surface area contributed by atoms with Gasteiger partial charge in [-0.1, -0.05) is 13.8 Å². The number of hydrogen-bond donors (Lipinski definition) is 2. The second-order valence-corrected chi connectivity index (χ2v) is 5.03. The van der Waals surface area contributed by atoms with Crippen LogP contribution in [0.3, 0.4) is 0 Å². The fourth-order valence-corrected chi connectivity index (χ4v) is 2.20. The molecule has 1 aliphatic rings. The average molecular weight is 271 g/mol. The van der Waals surface area contributed by atoms with E-state index >= 15 is 0 Å². The fourth-order valence-electron chi connectivity index (χ4n) is 2.20. The van der Waals surface area contributed by atoms with Gasteiger partial charge in [-0.25, -0.2) is 9.59 Å². The molecule has 1 fully saturated rings. The van der Waals surface area contributed by atoms with Crippen LogP contribution in [0.2, 0.25) is 0 Å². The molecule has 0 spiro atoms. The predicted molar refractivity (Wildman–Crippen MR) is 73.1 cm³/mol. The van der Waals surface area contributed by atoms with Crippen LogP contribution in [-0.2, 0) is 4.79 Å². The van der Waals surface area contributed by atoms with E-state index in [-0.39, 0.29) is 6.03 Å². The summed E-state index contributed by atoms with van der Waals surface area (Å²) < 4.78 is 0. The van der Waals surface area contributed by atoms with Crippen LogP contribution >= 0.6 is 0 Å². The number of carboxylic acid groups (broad SMARTS) is 1. The van der Waals surface area contributed by atoms with Crippen molar-refractivity contribution in [2.24, 2.45) is 0 Å². The molecule has 0 bridgehead atoms. The highest BCUT2D eigenvalue weighted by atomic mass is 16.4. The summed E-state index contributed by atoms with van der Waals surface area (Å²) in [6.45, 7) is 9.12. The first-order chi connectivity index (χ1) is 8.99. The minimum atomic E-state index is -0.978. The van der Waals surface area contributed by atoms with Crippen molar-refractivity contribution in [3.8, 4) is 0 Å². The summed E-state index contributed by atoms with van der Waals surface area (Å²) in [5.41, 5.74) is 0. The maximum Gasteiger partial charge on any atom is 0.326 e. The van der Waals surface area contributed by atoms with Gasteiger partial charge in [-0.2, -0.15) is 0 Å². The maximum absolute atomic E-state index is 12.0. The topological polar surface area (TPSA) is 72.9 Å². The molecular formula is C13H25N3O3. The second kappa shape index (κ2) is 7.33. The van der Waals surface area contributed by atoms with Gasteiger partial charge < -0.3 is 15.3 Å². The molecule has 1 aliphatic heterocycles. The molecule has 0 aromatic rings. The van der Waals surface area contributed by atoms with E-state index in [0.29, 0.717) is 25.6 Å². The Balaban J connectivity index is 2.42. The van der Waals surface area contributed by atoms with Crippen LogP contribution in [0.4, 0.5) is 4.79 Å². The summed E-state index contributed by atoms with van der Waals surface area (Å²) >= 11 is 0. The van der Waals surface area contributed by atoms with Crippen molar-refractivity contribution < 1.29 is 14.7 Å². The van der Waals surface area contributed by atoms with E-state index in [1.807, 2.05) is 0 Å². The third-order valence-electron chi connectivity index (χ3n) is 3.82. The maximum atomic E-state index is 12.0. The van der Waals surface area contributed by atoms with Gasteiger partial charge in [-0.15, -0.1) is 0 Å². The summed E-state index contributed by atoms with van der Waals surface area (Å²) in [6.07, 6.45) is 1.50. The minimum absolute atomic E-state index is 0.266. The molecule has 6 heteroatoms. The second-order valence-electron chi connectivity index (χ2n) is 5.03. The lowest BCUT2D eigenvalue weighted by atomic mass is 10.2. The Morgan fingerprint density at radius 2 is 1.74 bits per heavy atom. The molecule has 2 atom stereocenters. The van der Waals surface area contributed by atoms with Crippen LogP contribution in [0.25, 0.3) is 0 Å². The molecule has 2 amide bonds. The van der Waals surface area contributed by atoms with Gasteiger partial charge in [0.2, 0.25) is 0 Å². The number of hydrogen-bond acceptors (Lipinski definition) is 3. The number of nitrogens with zero attached hydrogens (tertiary/aromatic N) is 2. The molecule has 110 valence electrons. The van der Waals surface area contributed by atoms with Gasteiger partial charge in [0.1, 0.15) is 6.04 Å². The Morgan fingerprint density at radius 3 is 2.16 bits per heavy atom. The van der Waals surface area contributed by atoms with Crippen molar-refractivity contribution in [1.29, 1.82) is 0 Å². The quantitative estimate of drug-likeness (QED) is 0.781. The van der Waals surface area contributed by atoms with Crippen LogP contribution in [0.15, 0.2) is 0 Å². The van der Waals surface area contributed by atoms with E-state index < -0.39 is 12.0 Å². The molecule has 1 heterocycles. The molecule has 0 aliphatic carbocycles. The molecule has 0 saturated carbocycles. The molecule has 1 rings (SSSR count). The monoisotopic (exact) mass is 271 g/mol. The van der Waals surface area contributed by atoms with E-state index in [9.17, 15) is 9.59 Å². The highest BCUT2D eigenvalue weighted by molar-refractivity contribution is 5.82.